The Morgan fingerprint density at radius 3 is 0.905 bits per heavy atom. The van der Waals surface area contributed by atoms with Crippen molar-refractivity contribution in [1.29, 1.82) is 0 Å². The Kier molecular flexibility index (Phi) is 40.8. The predicted octanol–water partition coefficient (Wildman–Crippen LogP) is 12.5. The van der Waals surface area contributed by atoms with Crippen molar-refractivity contribution in [2.45, 2.75) is 219 Å². The first-order valence-corrected chi connectivity index (χ1v) is 18.6. The average molecular weight is 601 g/mol. The third-order valence-corrected chi connectivity index (χ3v) is 8.35. The molecule has 4 heteroatoms. The van der Waals surface area contributed by atoms with Crippen LogP contribution in [-0.4, -0.2) is 41.5 Å². The zero-order chi connectivity index (χ0) is 29.9. The summed E-state index contributed by atoms with van der Waals surface area (Å²) in [5.41, 5.74) is 0. The van der Waals surface area contributed by atoms with E-state index in [1.54, 1.807) is 0 Å². The number of esters is 2. The van der Waals surface area contributed by atoms with E-state index in [1.165, 1.54) is 161 Å². The molecule has 0 aliphatic rings. The van der Waals surface area contributed by atoms with Crippen molar-refractivity contribution in [3.63, 3.8) is 0 Å². The molecule has 0 aromatic carbocycles. The molecular formula is C38H73NaO3. The molecule has 0 unspecified atom stereocenters. The zero-order valence-electron chi connectivity index (χ0n) is 28.0. The summed E-state index contributed by atoms with van der Waals surface area (Å²) >= 11 is 0. The van der Waals surface area contributed by atoms with Crippen LogP contribution in [0, 0.1) is 0 Å². The minimum absolute atomic E-state index is 0. The Morgan fingerprint density at radius 2 is 0.619 bits per heavy atom. The zero-order valence-corrected chi connectivity index (χ0v) is 28.0. The van der Waals surface area contributed by atoms with Gasteiger partial charge in [-0.25, -0.2) is 0 Å². The summed E-state index contributed by atoms with van der Waals surface area (Å²) in [5.74, 6) is -0.664. The maximum absolute atomic E-state index is 11.9. The number of hydrogen-bond acceptors (Lipinski definition) is 3. The number of unbranched alkanes of at least 4 members (excludes halogenated alkanes) is 27. The van der Waals surface area contributed by atoms with Gasteiger partial charge in [0.25, 0.3) is 0 Å². The Bertz CT molecular complexity index is 575. The molecule has 0 aromatic rings. The van der Waals surface area contributed by atoms with E-state index in [9.17, 15) is 9.59 Å². The molecule has 0 fully saturated rings. The summed E-state index contributed by atoms with van der Waals surface area (Å²) in [5, 5.41) is 0. The summed E-state index contributed by atoms with van der Waals surface area (Å²) in [7, 11) is 0. The first kappa shape index (κ1) is 44.0. The van der Waals surface area contributed by atoms with E-state index in [0.29, 0.717) is 12.8 Å². The SMILES string of the molecule is CCCCCCCC/C=C\CCCCCCCC(=O)OC(=O)CCCCCCCCCCCCCCCCCCC.[NaH]. The molecule has 0 aromatic heterocycles. The van der Waals surface area contributed by atoms with Crippen molar-refractivity contribution in [3.8, 4) is 0 Å². The fourth-order valence-electron chi connectivity index (χ4n) is 5.56. The van der Waals surface area contributed by atoms with E-state index >= 15 is 0 Å². The van der Waals surface area contributed by atoms with Crippen LogP contribution in [0.25, 0.3) is 0 Å². The van der Waals surface area contributed by atoms with E-state index < -0.39 is 0 Å². The van der Waals surface area contributed by atoms with Crippen LogP contribution >= 0.6 is 0 Å². The van der Waals surface area contributed by atoms with E-state index in [4.69, 9.17) is 4.74 Å². The monoisotopic (exact) mass is 601 g/mol. The molecule has 244 valence electrons. The van der Waals surface area contributed by atoms with Gasteiger partial charge in [-0.15, -0.1) is 0 Å². The van der Waals surface area contributed by atoms with Gasteiger partial charge in [-0.2, -0.15) is 0 Å². The standard InChI is InChI=1S/C38H72O3.Na.H/c1-3-5-7-9-11-13-15-17-19-20-22-24-26-28-30-32-34-36-38(40)41-37(39)35-33-31-29-27-25-23-21-18-16-14-12-10-8-6-4-2;;/h18,21H,3-17,19-20,22-36H2,1-2H3;;/b21-18-;;. The number of ether oxygens (including phenoxy) is 1. The van der Waals surface area contributed by atoms with Gasteiger partial charge in [0.1, 0.15) is 0 Å². The summed E-state index contributed by atoms with van der Waals surface area (Å²) in [6, 6.07) is 0. The molecule has 0 atom stereocenters. The number of carbonyl (C=O) groups is 2. The van der Waals surface area contributed by atoms with E-state index in [2.05, 4.69) is 26.0 Å². The molecule has 0 N–H and O–H groups in total. The van der Waals surface area contributed by atoms with Gasteiger partial charge in [-0.3, -0.25) is 9.59 Å². The Balaban J connectivity index is 0. The number of allylic oxidation sites excluding steroid dienone is 2. The maximum atomic E-state index is 11.9. The van der Waals surface area contributed by atoms with Gasteiger partial charge in [0.15, 0.2) is 0 Å². The first-order chi connectivity index (χ1) is 20.2. The quantitative estimate of drug-likeness (QED) is 0.0247. The molecule has 0 heterocycles. The van der Waals surface area contributed by atoms with Crippen molar-refractivity contribution in [1.82, 2.24) is 0 Å². The molecular weight excluding hydrogens is 527 g/mol. The van der Waals surface area contributed by atoms with Crippen LogP contribution in [0.4, 0.5) is 0 Å². The summed E-state index contributed by atoms with van der Waals surface area (Å²) in [6.45, 7) is 4.55. The van der Waals surface area contributed by atoms with Crippen molar-refractivity contribution >= 4 is 41.5 Å². The third-order valence-electron chi connectivity index (χ3n) is 8.35. The van der Waals surface area contributed by atoms with Crippen LogP contribution in [-0.2, 0) is 14.3 Å². The first-order valence-electron chi connectivity index (χ1n) is 18.6. The second-order valence-electron chi connectivity index (χ2n) is 12.6. The van der Waals surface area contributed by atoms with E-state index in [1.807, 2.05) is 0 Å². The molecule has 0 spiro atoms. The minimum atomic E-state index is -0.334. The van der Waals surface area contributed by atoms with Gasteiger partial charge in [-0.05, 0) is 38.5 Å². The second kappa shape index (κ2) is 38.9. The number of hydrogen-bond donors (Lipinski definition) is 0. The van der Waals surface area contributed by atoms with Crippen LogP contribution in [0.5, 0.6) is 0 Å². The topological polar surface area (TPSA) is 43.4 Å². The van der Waals surface area contributed by atoms with Crippen LogP contribution in [0.3, 0.4) is 0 Å². The van der Waals surface area contributed by atoms with Crippen molar-refractivity contribution in [3.05, 3.63) is 12.2 Å². The molecule has 0 saturated carbocycles. The van der Waals surface area contributed by atoms with Gasteiger partial charge in [0, 0.05) is 12.8 Å². The molecule has 0 amide bonds. The number of carbonyl (C=O) groups excluding carboxylic acids is 2. The Labute approximate surface area is 285 Å². The molecule has 42 heavy (non-hydrogen) atoms. The average Bonchev–Trinajstić information content (AvgIpc) is 2.96. The van der Waals surface area contributed by atoms with Crippen LogP contribution < -0.4 is 0 Å². The molecule has 0 aliphatic heterocycles. The van der Waals surface area contributed by atoms with Crippen molar-refractivity contribution in [2.24, 2.45) is 0 Å². The van der Waals surface area contributed by atoms with Crippen molar-refractivity contribution in [2.75, 3.05) is 0 Å². The Morgan fingerprint density at radius 1 is 0.381 bits per heavy atom. The van der Waals surface area contributed by atoms with Crippen LogP contribution in [0.1, 0.15) is 219 Å². The molecule has 0 aliphatic carbocycles. The van der Waals surface area contributed by atoms with Crippen LogP contribution in [0.15, 0.2) is 12.2 Å². The molecule has 0 saturated heterocycles. The third kappa shape index (κ3) is 37.9. The summed E-state index contributed by atoms with van der Waals surface area (Å²) in [6.07, 6.45) is 44.1. The van der Waals surface area contributed by atoms with Gasteiger partial charge in [-0.1, -0.05) is 180 Å². The number of rotatable bonds is 33. The molecule has 0 bridgehead atoms. The normalized spacial score (nSPS) is 11.2. The predicted molar refractivity (Wildman–Crippen MR) is 186 cm³/mol. The van der Waals surface area contributed by atoms with Gasteiger partial charge in [0.2, 0.25) is 0 Å². The molecule has 0 rings (SSSR count). The Hall–Kier alpha value is -0.120. The van der Waals surface area contributed by atoms with Gasteiger partial charge < -0.3 is 4.74 Å². The van der Waals surface area contributed by atoms with E-state index in [-0.39, 0.29) is 41.5 Å². The molecule has 3 nitrogen and oxygen atoms in total. The van der Waals surface area contributed by atoms with Gasteiger partial charge >= 0.3 is 41.5 Å². The summed E-state index contributed by atoms with van der Waals surface area (Å²) < 4.78 is 5.01. The van der Waals surface area contributed by atoms with Gasteiger partial charge in [0.05, 0.1) is 0 Å². The van der Waals surface area contributed by atoms with E-state index in [0.717, 1.165) is 32.1 Å². The second-order valence-corrected chi connectivity index (χ2v) is 12.6. The molecule has 0 radical (unpaired) electrons. The summed E-state index contributed by atoms with van der Waals surface area (Å²) in [4.78, 5) is 23.8. The van der Waals surface area contributed by atoms with Crippen LogP contribution in [0.2, 0.25) is 0 Å². The fourth-order valence-corrected chi connectivity index (χ4v) is 5.56. The fraction of sp³-hybridized carbons (Fsp3) is 0.895. The van der Waals surface area contributed by atoms with Crippen molar-refractivity contribution < 1.29 is 14.3 Å².